The molecule has 1 radical (unpaired) electrons. The predicted octanol–water partition coefficient (Wildman–Crippen LogP) is 11.5. The van der Waals surface area contributed by atoms with Gasteiger partial charge in [-0.25, -0.2) is 0 Å². The number of aromatic nitrogens is 1. The summed E-state index contributed by atoms with van der Waals surface area (Å²) in [4.78, 5) is 2.44. The van der Waals surface area contributed by atoms with E-state index in [1.54, 1.807) is 0 Å². The fourth-order valence-corrected chi connectivity index (χ4v) is 9.53. The zero-order valence-corrected chi connectivity index (χ0v) is 29.9. The zero-order valence-electron chi connectivity index (χ0n) is 29.9. The molecular formula is C49H33BN3O. The molecule has 3 aliphatic heterocycles. The second-order valence-electron chi connectivity index (χ2n) is 15.2. The monoisotopic (exact) mass is 690 g/mol. The summed E-state index contributed by atoms with van der Waals surface area (Å²) in [6, 6.07) is 56.8. The molecule has 8 aromatic carbocycles. The number of nitrogens with one attached hydrogen (secondary N) is 1. The Morgan fingerprint density at radius 3 is 2.09 bits per heavy atom. The molecule has 0 aliphatic carbocycles. The molecule has 0 spiro atoms. The van der Waals surface area contributed by atoms with Crippen molar-refractivity contribution in [3.8, 4) is 28.3 Å². The molecule has 54 heavy (non-hydrogen) atoms. The summed E-state index contributed by atoms with van der Waals surface area (Å²) in [6.07, 6.45) is 0. The largest absolute Gasteiger partial charge is 0.453 e. The van der Waals surface area contributed by atoms with Gasteiger partial charge in [0.2, 0.25) is 0 Å². The van der Waals surface area contributed by atoms with Crippen LogP contribution in [-0.2, 0) is 5.41 Å². The SMILES string of the molecule is CC1(C)c2cccc3c2-n2c4c(c(-c5ccccc5Nc5ccccc5)cc(N5c6ccccc6Oc6ccccc65)c4c4c5ccccc5cc1c42)[B]3. The minimum atomic E-state index is -0.212. The zero-order chi connectivity index (χ0) is 35.7. The van der Waals surface area contributed by atoms with Gasteiger partial charge in [-0.05, 0) is 87.5 Å². The van der Waals surface area contributed by atoms with Crippen molar-refractivity contribution < 1.29 is 4.74 Å². The number of nitrogens with zero attached hydrogens (tertiary/aromatic N) is 2. The number of fused-ring (bicyclic) bond motifs is 5. The van der Waals surface area contributed by atoms with Gasteiger partial charge >= 0.3 is 0 Å². The molecule has 4 heterocycles. The van der Waals surface area contributed by atoms with Crippen molar-refractivity contribution in [3.63, 3.8) is 0 Å². The molecule has 0 fully saturated rings. The summed E-state index contributed by atoms with van der Waals surface area (Å²) in [5.74, 6) is 1.68. The first-order valence-electron chi connectivity index (χ1n) is 18.7. The highest BCUT2D eigenvalue weighted by Crippen LogP contribution is 2.57. The van der Waals surface area contributed by atoms with Gasteiger partial charge in [-0.1, -0.05) is 122 Å². The van der Waals surface area contributed by atoms with Crippen LogP contribution in [0.25, 0.3) is 49.4 Å². The molecule has 9 aromatic rings. The third kappa shape index (κ3) is 3.88. The highest BCUT2D eigenvalue weighted by molar-refractivity contribution is 6.74. The van der Waals surface area contributed by atoms with Crippen LogP contribution in [0.2, 0.25) is 0 Å². The highest BCUT2D eigenvalue weighted by Gasteiger charge is 2.41. The topological polar surface area (TPSA) is 29.4 Å². The fraction of sp³-hybridized carbons (Fsp3) is 0.0612. The van der Waals surface area contributed by atoms with Crippen LogP contribution in [-0.4, -0.2) is 11.8 Å². The summed E-state index contributed by atoms with van der Waals surface area (Å²) in [7, 11) is 2.45. The lowest BCUT2D eigenvalue weighted by Crippen LogP contribution is -2.41. The van der Waals surface area contributed by atoms with Crippen LogP contribution in [0, 0.1) is 0 Å². The van der Waals surface area contributed by atoms with Crippen LogP contribution >= 0.6 is 0 Å². The predicted molar refractivity (Wildman–Crippen MR) is 225 cm³/mol. The molecule has 0 atom stereocenters. The first-order valence-corrected chi connectivity index (χ1v) is 18.7. The molecule has 3 aliphatic rings. The quantitative estimate of drug-likeness (QED) is 0.186. The average Bonchev–Trinajstić information content (AvgIpc) is 3.57. The molecule has 0 amide bonds. The number of ether oxygens (including phenoxy) is 1. The maximum atomic E-state index is 6.60. The van der Waals surface area contributed by atoms with E-state index in [9.17, 15) is 0 Å². The minimum absolute atomic E-state index is 0.212. The second kappa shape index (κ2) is 10.7. The summed E-state index contributed by atoms with van der Waals surface area (Å²) in [5.41, 5.74) is 16.4. The molecule has 4 nitrogen and oxygen atoms in total. The lowest BCUT2D eigenvalue weighted by molar-refractivity contribution is 0.477. The number of hydrogen-bond acceptors (Lipinski definition) is 3. The number of benzene rings is 8. The van der Waals surface area contributed by atoms with Crippen LogP contribution in [0.3, 0.4) is 0 Å². The van der Waals surface area contributed by atoms with Crippen molar-refractivity contribution in [3.05, 3.63) is 169 Å². The normalized spacial score (nSPS) is 14.1. The van der Waals surface area contributed by atoms with Gasteiger partial charge in [0.05, 0.1) is 28.1 Å². The lowest BCUT2D eigenvalue weighted by atomic mass is 9.57. The fourth-order valence-electron chi connectivity index (χ4n) is 9.53. The van der Waals surface area contributed by atoms with Crippen molar-refractivity contribution >= 4 is 79.2 Å². The van der Waals surface area contributed by atoms with Gasteiger partial charge in [0.25, 0.3) is 0 Å². The molecule has 253 valence electrons. The third-order valence-electron chi connectivity index (χ3n) is 11.9. The summed E-state index contributed by atoms with van der Waals surface area (Å²) < 4.78 is 9.22. The maximum absolute atomic E-state index is 6.60. The Kier molecular flexibility index (Phi) is 5.90. The smallest absolute Gasteiger partial charge is 0.197 e. The van der Waals surface area contributed by atoms with E-state index in [1.807, 2.05) is 0 Å². The van der Waals surface area contributed by atoms with Crippen LogP contribution in [0.4, 0.5) is 28.4 Å². The van der Waals surface area contributed by atoms with Gasteiger partial charge in [0.15, 0.2) is 18.8 Å². The van der Waals surface area contributed by atoms with E-state index in [1.165, 1.54) is 65.9 Å². The summed E-state index contributed by atoms with van der Waals surface area (Å²) in [5, 5.41) is 8.84. The van der Waals surface area contributed by atoms with Gasteiger partial charge in [0, 0.05) is 38.8 Å². The van der Waals surface area contributed by atoms with Crippen molar-refractivity contribution in [2.24, 2.45) is 0 Å². The molecular weight excluding hydrogens is 657 g/mol. The van der Waals surface area contributed by atoms with Gasteiger partial charge < -0.3 is 19.5 Å². The molecule has 0 saturated heterocycles. The maximum Gasteiger partial charge on any atom is 0.197 e. The van der Waals surface area contributed by atoms with Gasteiger partial charge in [0.1, 0.15) is 0 Å². The Balaban J connectivity index is 1.31. The molecule has 0 saturated carbocycles. The first kappa shape index (κ1) is 29.8. The number of para-hydroxylation sites is 7. The van der Waals surface area contributed by atoms with E-state index in [0.717, 1.165) is 45.5 Å². The van der Waals surface area contributed by atoms with E-state index in [-0.39, 0.29) is 5.41 Å². The van der Waals surface area contributed by atoms with E-state index in [2.05, 4.69) is 194 Å². The number of rotatable bonds is 4. The molecule has 5 heteroatoms. The summed E-state index contributed by atoms with van der Waals surface area (Å²) in [6.45, 7) is 4.80. The van der Waals surface area contributed by atoms with Crippen molar-refractivity contribution in [1.29, 1.82) is 0 Å². The second-order valence-corrected chi connectivity index (χ2v) is 15.2. The lowest BCUT2D eigenvalue weighted by Gasteiger charge is -2.38. The molecule has 12 rings (SSSR count). The van der Waals surface area contributed by atoms with E-state index in [0.29, 0.717) is 0 Å². The van der Waals surface area contributed by atoms with E-state index >= 15 is 0 Å². The van der Waals surface area contributed by atoms with Crippen LogP contribution in [0.5, 0.6) is 11.5 Å². The molecule has 0 unspecified atom stereocenters. The number of hydrogen-bond donors (Lipinski definition) is 1. The van der Waals surface area contributed by atoms with Crippen LogP contribution < -0.4 is 25.9 Å². The van der Waals surface area contributed by atoms with Crippen molar-refractivity contribution in [2.45, 2.75) is 19.3 Å². The molecule has 0 bridgehead atoms. The highest BCUT2D eigenvalue weighted by atomic mass is 16.5. The van der Waals surface area contributed by atoms with E-state index < -0.39 is 0 Å². The van der Waals surface area contributed by atoms with Gasteiger partial charge in [-0.3, -0.25) is 0 Å². The number of anilines is 5. The molecule has 1 aromatic heterocycles. The standard InChI is InChI=1S/C49H33BN3O/c1-49(2)34-20-14-21-36-46(34)53-47-35(49)27-29-15-6-7-18-31(29)43(47)44-40(52-38-23-10-12-25-41(38)54-42-26-13-11-24-39(42)52)28-33(45(50-36)48(44)53)32-19-8-9-22-37(32)51-30-16-4-3-5-17-30/h3-28,51H,1-2H3. The molecule has 1 N–H and O–H groups in total. The van der Waals surface area contributed by atoms with Gasteiger partial charge in [-0.15, -0.1) is 0 Å². The Hall–Kier alpha value is -6.72. The van der Waals surface area contributed by atoms with E-state index in [4.69, 9.17) is 4.74 Å². The Labute approximate surface area is 314 Å². The summed E-state index contributed by atoms with van der Waals surface area (Å²) >= 11 is 0. The van der Waals surface area contributed by atoms with Crippen molar-refractivity contribution in [1.82, 2.24) is 4.57 Å². The minimum Gasteiger partial charge on any atom is -0.453 e. The Bertz CT molecular complexity index is 3020. The Morgan fingerprint density at radius 2 is 1.28 bits per heavy atom. The van der Waals surface area contributed by atoms with Crippen LogP contribution in [0.15, 0.2) is 158 Å². The third-order valence-corrected chi connectivity index (χ3v) is 11.9. The Morgan fingerprint density at radius 1 is 0.574 bits per heavy atom. The van der Waals surface area contributed by atoms with Crippen molar-refractivity contribution in [2.75, 3.05) is 10.2 Å². The average molecular weight is 691 g/mol. The first-order chi connectivity index (χ1) is 26.6. The van der Waals surface area contributed by atoms with Gasteiger partial charge in [-0.2, -0.15) is 0 Å². The van der Waals surface area contributed by atoms with Crippen LogP contribution in [0.1, 0.15) is 25.0 Å².